The number of aryl methyl sites for hydroxylation is 1. The number of rotatable bonds is 5. The summed E-state index contributed by atoms with van der Waals surface area (Å²) in [6.45, 7) is 2.86. The maximum Gasteiger partial charge on any atom is 0.417 e. The number of alkyl halides is 3. The zero-order valence-electron chi connectivity index (χ0n) is 11.9. The van der Waals surface area contributed by atoms with Crippen molar-refractivity contribution in [1.29, 1.82) is 0 Å². The summed E-state index contributed by atoms with van der Waals surface area (Å²) in [7, 11) is 0. The number of hydrogen-bond acceptors (Lipinski definition) is 3. The summed E-state index contributed by atoms with van der Waals surface area (Å²) in [5, 5.41) is 6.67. The van der Waals surface area contributed by atoms with Crippen molar-refractivity contribution in [3.63, 3.8) is 0 Å². The zero-order valence-corrected chi connectivity index (χ0v) is 11.9. The summed E-state index contributed by atoms with van der Waals surface area (Å²) in [5.41, 5.74) is 0.145. The van der Waals surface area contributed by atoms with Crippen LogP contribution in [0.3, 0.4) is 0 Å². The van der Waals surface area contributed by atoms with Crippen LogP contribution in [0.5, 0.6) is 0 Å². The highest BCUT2D eigenvalue weighted by molar-refractivity contribution is 5.93. The van der Waals surface area contributed by atoms with Crippen LogP contribution in [0.1, 0.15) is 28.5 Å². The molecule has 118 valence electrons. The van der Waals surface area contributed by atoms with Crippen LogP contribution in [-0.4, -0.2) is 27.2 Å². The predicted octanol–water partition coefficient (Wildman–Crippen LogP) is 2.29. The zero-order chi connectivity index (χ0) is 16.2. The fourth-order valence-corrected chi connectivity index (χ4v) is 1.80. The molecule has 0 aliphatic carbocycles. The van der Waals surface area contributed by atoms with Crippen molar-refractivity contribution in [2.45, 2.75) is 26.1 Å². The number of hydrogen-bond donors (Lipinski definition) is 1. The molecule has 1 amide bonds. The van der Waals surface area contributed by atoms with Crippen LogP contribution >= 0.6 is 0 Å². The molecule has 0 atom stereocenters. The van der Waals surface area contributed by atoms with E-state index in [1.165, 1.54) is 12.3 Å². The molecule has 22 heavy (non-hydrogen) atoms. The topological polar surface area (TPSA) is 59.8 Å². The first-order chi connectivity index (χ1) is 10.4. The maximum atomic E-state index is 12.4. The first kappa shape index (κ1) is 16.0. The van der Waals surface area contributed by atoms with Gasteiger partial charge in [-0.2, -0.15) is 18.3 Å². The normalized spacial score (nSPS) is 11.5. The Bertz CT molecular complexity index is 634. The molecular formula is C14H15F3N4O. The van der Waals surface area contributed by atoms with Crippen molar-refractivity contribution in [3.05, 3.63) is 47.5 Å². The Morgan fingerprint density at radius 2 is 2.09 bits per heavy atom. The van der Waals surface area contributed by atoms with Gasteiger partial charge in [-0.15, -0.1) is 0 Å². The minimum absolute atomic E-state index is 0.272. The molecule has 0 spiro atoms. The molecule has 0 saturated heterocycles. The largest absolute Gasteiger partial charge is 0.417 e. The quantitative estimate of drug-likeness (QED) is 0.921. The van der Waals surface area contributed by atoms with Crippen LogP contribution in [0.2, 0.25) is 0 Å². The van der Waals surface area contributed by atoms with E-state index < -0.39 is 11.7 Å². The van der Waals surface area contributed by atoms with Crippen LogP contribution in [0, 0.1) is 0 Å². The standard InChI is InChI=1S/C14H15F3N4O/c1-2-21-9-10(7-20-21)13(22)18-6-5-12-4-3-11(8-19-12)14(15,16)17/h3-4,7-9H,2,5-6H2,1H3,(H,18,22). The number of pyridine rings is 1. The molecule has 0 aliphatic heterocycles. The molecule has 2 heterocycles. The number of nitrogens with one attached hydrogen (secondary N) is 1. The summed E-state index contributed by atoms with van der Waals surface area (Å²) in [6, 6.07) is 2.29. The smallest absolute Gasteiger partial charge is 0.352 e. The van der Waals surface area contributed by atoms with Gasteiger partial charge >= 0.3 is 6.18 Å². The fraction of sp³-hybridized carbons (Fsp3) is 0.357. The first-order valence-corrected chi connectivity index (χ1v) is 6.73. The third-order valence-corrected chi connectivity index (χ3v) is 3.04. The van der Waals surface area contributed by atoms with Gasteiger partial charge in [0.1, 0.15) is 0 Å². The summed E-state index contributed by atoms with van der Waals surface area (Å²) in [4.78, 5) is 15.6. The van der Waals surface area contributed by atoms with Crippen LogP contribution < -0.4 is 5.32 Å². The summed E-state index contributed by atoms with van der Waals surface area (Å²) >= 11 is 0. The van der Waals surface area contributed by atoms with Crippen molar-refractivity contribution in [2.75, 3.05) is 6.54 Å². The maximum absolute atomic E-state index is 12.4. The second kappa shape index (κ2) is 6.59. The summed E-state index contributed by atoms with van der Waals surface area (Å²) < 4.78 is 38.8. The molecule has 5 nitrogen and oxygen atoms in total. The van der Waals surface area contributed by atoms with E-state index in [0.717, 1.165) is 12.3 Å². The summed E-state index contributed by atoms with van der Waals surface area (Å²) in [6.07, 6.45) is -0.145. The molecule has 0 bridgehead atoms. The molecule has 0 aliphatic rings. The van der Waals surface area contributed by atoms with Gasteiger partial charge in [-0.05, 0) is 19.1 Å². The lowest BCUT2D eigenvalue weighted by molar-refractivity contribution is -0.137. The monoisotopic (exact) mass is 312 g/mol. The Kier molecular flexibility index (Phi) is 4.79. The Labute approximate surface area is 125 Å². The fourth-order valence-electron chi connectivity index (χ4n) is 1.80. The van der Waals surface area contributed by atoms with E-state index in [-0.39, 0.29) is 12.5 Å². The average molecular weight is 312 g/mol. The Hall–Kier alpha value is -2.38. The Morgan fingerprint density at radius 1 is 1.32 bits per heavy atom. The van der Waals surface area contributed by atoms with E-state index in [9.17, 15) is 18.0 Å². The lowest BCUT2D eigenvalue weighted by Gasteiger charge is -2.07. The van der Waals surface area contributed by atoms with Gasteiger partial charge in [0.2, 0.25) is 0 Å². The van der Waals surface area contributed by atoms with Crippen LogP contribution in [0.25, 0.3) is 0 Å². The third kappa shape index (κ3) is 4.06. The Balaban J connectivity index is 1.84. The number of amides is 1. The number of halogens is 3. The van der Waals surface area contributed by atoms with Gasteiger partial charge in [0.25, 0.3) is 5.91 Å². The Morgan fingerprint density at radius 3 is 2.64 bits per heavy atom. The molecule has 0 saturated carbocycles. The van der Waals surface area contributed by atoms with Crippen LogP contribution in [0.4, 0.5) is 13.2 Å². The molecule has 0 radical (unpaired) electrons. The number of aromatic nitrogens is 3. The van der Waals surface area contributed by atoms with Crippen molar-refractivity contribution in [3.8, 4) is 0 Å². The molecule has 2 rings (SSSR count). The highest BCUT2D eigenvalue weighted by Crippen LogP contribution is 2.28. The molecular weight excluding hydrogens is 297 g/mol. The van der Waals surface area contributed by atoms with Crippen molar-refractivity contribution in [1.82, 2.24) is 20.1 Å². The molecule has 2 aromatic heterocycles. The van der Waals surface area contributed by atoms with Crippen molar-refractivity contribution >= 4 is 5.91 Å². The summed E-state index contributed by atoms with van der Waals surface area (Å²) in [5.74, 6) is -0.272. The molecule has 1 N–H and O–H groups in total. The van der Waals surface area contributed by atoms with Gasteiger partial charge in [-0.1, -0.05) is 0 Å². The number of carbonyl (C=O) groups is 1. The highest BCUT2D eigenvalue weighted by Gasteiger charge is 2.30. The highest BCUT2D eigenvalue weighted by atomic mass is 19.4. The van der Waals surface area contributed by atoms with E-state index in [0.29, 0.717) is 24.2 Å². The van der Waals surface area contributed by atoms with E-state index in [1.54, 1.807) is 10.9 Å². The van der Waals surface area contributed by atoms with Gasteiger partial charge < -0.3 is 5.32 Å². The second-order valence-electron chi connectivity index (χ2n) is 4.63. The SMILES string of the molecule is CCn1cc(C(=O)NCCc2ccc(C(F)(F)F)cn2)cn1. The third-order valence-electron chi connectivity index (χ3n) is 3.04. The van der Waals surface area contributed by atoms with E-state index >= 15 is 0 Å². The van der Waals surface area contributed by atoms with E-state index in [2.05, 4.69) is 15.4 Å². The van der Waals surface area contributed by atoms with Crippen molar-refractivity contribution < 1.29 is 18.0 Å². The lowest BCUT2D eigenvalue weighted by atomic mass is 10.2. The van der Waals surface area contributed by atoms with Crippen molar-refractivity contribution in [2.24, 2.45) is 0 Å². The number of carbonyl (C=O) groups excluding carboxylic acids is 1. The van der Waals surface area contributed by atoms with Crippen LogP contribution in [-0.2, 0) is 19.1 Å². The van der Waals surface area contributed by atoms with Gasteiger partial charge in [0.15, 0.2) is 0 Å². The second-order valence-corrected chi connectivity index (χ2v) is 4.63. The first-order valence-electron chi connectivity index (χ1n) is 6.73. The van der Waals surface area contributed by atoms with E-state index in [4.69, 9.17) is 0 Å². The van der Waals surface area contributed by atoms with Crippen LogP contribution in [0.15, 0.2) is 30.7 Å². The minimum atomic E-state index is -4.39. The molecule has 2 aromatic rings. The van der Waals surface area contributed by atoms with Gasteiger partial charge in [-0.25, -0.2) is 0 Å². The molecule has 0 aromatic carbocycles. The van der Waals surface area contributed by atoms with Gasteiger partial charge in [0, 0.05) is 37.6 Å². The molecule has 0 fully saturated rings. The van der Waals surface area contributed by atoms with Gasteiger partial charge in [-0.3, -0.25) is 14.5 Å². The lowest BCUT2D eigenvalue weighted by Crippen LogP contribution is -2.25. The average Bonchev–Trinajstić information content (AvgIpc) is 2.96. The molecule has 8 heteroatoms. The van der Waals surface area contributed by atoms with E-state index in [1.807, 2.05) is 6.92 Å². The minimum Gasteiger partial charge on any atom is -0.352 e. The molecule has 0 unspecified atom stereocenters. The van der Waals surface area contributed by atoms with Gasteiger partial charge in [0.05, 0.1) is 17.3 Å². The predicted molar refractivity (Wildman–Crippen MR) is 73.2 cm³/mol. The number of nitrogens with zero attached hydrogens (tertiary/aromatic N) is 3.